The molecule has 0 spiro atoms. The summed E-state index contributed by atoms with van der Waals surface area (Å²) in [7, 11) is 0. The van der Waals surface area contributed by atoms with Crippen molar-refractivity contribution in [3.05, 3.63) is 0 Å². The largest absolute Gasteiger partial charge is 0.480 e. The molecule has 0 aromatic rings. The fourth-order valence-electron chi connectivity index (χ4n) is 0.700. The van der Waals surface area contributed by atoms with Crippen LogP contribution in [0.4, 0.5) is 0 Å². The molecule has 13 heavy (non-hydrogen) atoms. The summed E-state index contributed by atoms with van der Waals surface area (Å²) in [6.45, 7) is 2.25. The number of carboxylic acid groups (broad SMARTS) is 2. The normalized spacial score (nSPS) is 13.5. The van der Waals surface area contributed by atoms with Crippen molar-refractivity contribution in [2.24, 2.45) is 5.41 Å². The van der Waals surface area contributed by atoms with Gasteiger partial charge in [-0.2, -0.15) is 0 Å². The number of carbonyl (C=O) groups is 3. The first kappa shape index (κ1) is 12.1. The maximum Gasteiger partial charge on any atom is 0.328 e. The van der Waals surface area contributed by atoms with Crippen LogP contribution in [-0.4, -0.2) is 32.8 Å². The minimum atomic E-state index is -2.37. The third kappa shape index (κ3) is 2.06. The molecule has 0 aliphatic carbocycles. The van der Waals surface area contributed by atoms with Gasteiger partial charge in [-0.3, -0.25) is 14.4 Å². The van der Waals surface area contributed by atoms with E-state index in [0.29, 0.717) is 0 Å². The average molecular weight is 253 g/mol. The average Bonchev–Trinajstić information content (AvgIpc) is 2.00. The Labute approximate surface area is 82.9 Å². The maximum atomic E-state index is 11.2. The predicted molar refractivity (Wildman–Crippen MR) is 46.8 cm³/mol. The first-order chi connectivity index (χ1) is 5.74. The SMILES string of the molecule is CC(Br)C(=O)C(C)(C(=O)O)C(=O)O. The number of ketones is 1. The molecular formula is C7H9BrO5. The zero-order valence-corrected chi connectivity index (χ0v) is 8.66. The van der Waals surface area contributed by atoms with Crippen LogP contribution in [-0.2, 0) is 14.4 Å². The fourth-order valence-corrected chi connectivity index (χ4v) is 1.16. The Bertz CT molecular complexity index is 244. The van der Waals surface area contributed by atoms with Crippen molar-refractivity contribution in [3.8, 4) is 0 Å². The van der Waals surface area contributed by atoms with E-state index < -0.39 is 28.0 Å². The van der Waals surface area contributed by atoms with Crippen LogP contribution in [0.5, 0.6) is 0 Å². The van der Waals surface area contributed by atoms with Gasteiger partial charge in [-0.1, -0.05) is 15.9 Å². The topological polar surface area (TPSA) is 91.7 Å². The van der Waals surface area contributed by atoms with Gasteiger partial charge < -0.3 is 10.2 Å². The Morgan fingerprint density at radius 3 is 1.62 bits per heavy atom. The molecule has 2 N–H and O–H groups in total. The van der Waals surface area contributed by atoms with Crippen molar-refractivity contribution in [1.82, 2.24) is 0 Å². The van der Waals surface area contributed by atoms with Crippen LogP contribution < -0.4 is 0 Å². The van der Waals surface area contributed by atoms with Crippen molar-refractivity contribution in [2.45, 2.75) is 18.7 Å². The van der Waals surface area contributed by atoms with Gasteiger partial charge in [-0.05, 0) is 13.8 Å². The summed E-state index contributed by atoms with van der Waals surface area (Å²) < 4.78 is 0. The summed E-state index contributed by atoms with van der Waals surface area (Å²) in [6.07, 6.45) is 0. The number of alkyl halides is 1. The maximum absolute atomic E-state index is 11.2. The summed E-state index contributed by atoms with van der Waals surface area (Å²) >= 11 is 2.84. The number of Topliss-reactive ketones (excluding diaryl/α,β-unsaturated/α-hetero) is 1. The highest BCUT2D eigenvalue weighted by Crippen LogP contribution is 2.23. The summed E-state index contributed by atoms with van der Waals surface area (Å²) in [5, 5.41) is 17.2. The monoisotopic (exact) mass is 252 g/mol. The predicted octanol–water partition coefficient (Wildman–Crippen LogP) is 0.514. The van der Waals surface area contributed by atoms with Gasteiger partial charge in [0, 0.05) is 0 Å². The third-order valence-corrected chi connectivity index (χ3v) is 2.13. The van der Waals surface area contributed by atoms with Crippen LogP contribution in [0.25, 0.3) is 0 Å². The quantitative estimate of drug-likeness (QED) is 0.562. The molecule has 0 saturated heterocycles. The summed E-state index contributed by atoms with van der Waals surface area (Å²) in [5.41, 5.74) is -2.37. The second-order valence-corrected chi connectivity index (χ2v) is 4.09. The lowest BCUT2D eigenvalue weighted by molar-refractivity contribution is -0.166. The molecule has 0 radical (unpaired) electrons. The lowest BCUT2D eigenvalue weighted by atomic mass is 9.84. The van der Waals surface area contributed by atoms with E-state index in [1.807, 2.05) is 0 Å². The van der Waals surface area contributed by atoms with Crippen LogP contribution in [0, 0.1) is 5.41 Å². The number of rotatable bonds is 4. The molecule has 0 aliphatic heterocycles. The smallest absolute Gasteiger partial charge is 0.328 e. The van der Waals surface area contributed by atoms with E-state index in [4.69, 9.17) is 10.2 Å². The van der Waals surface area contributed by atoms with E-state index in [2.05, 4.69) is 15.9 Å². The number of carboxylic acids is 2. The van der Waals surface area contributed by atoms with Crippen LogP contribution in [0.1, 0.15) is 13.8 Å². The van der Waals surface area contributed by atoms with Crippen molar-refractivity contribution >= 4 is 33.7 Å². The van der Waals surface area contributed by atoms with Gasteiger partial charge >= 0.3 is 11.9 Å². The van der Waals surface area contributed by atoms with Crippen molar-refractivity contribution in [2.75, 3.05) is 0 Å². The van der Waals surface area contributed by atoms with E-state index in [1.165, 1.54) is 6.92 Å². The highest BCUT2D eigenvalue weighted by atomic mass is 79.9. The standard InChI is InChI=1S/C7H9BrO5/c1-3(8)4(9)7(2,5(10)11)6(12)13/h3H,1-2H3,(H,10,11)(H,12,13). The van der Waals surface area contributed by atoms with Crippen molar-refractivity contribution < 1.29 is 24.6 Å². The van der Waals surface area contributed by atoms with Crippen LogP contribution in [0.3, 0.4) is 0 Å². The van der Waals surface area contributed by atoms with Gasteiger partial charge in [0.2, 0.25) is 5.41 Å². The fraction of sp³-hybridized carbons (Fsp3) is 0.571. The molecule has 0 fully saturated rings. The van der Waals surface area contributed by atoms with Gasteiger partial charge in [-0.15, -0.1) is 0 Å². The molecule has 0 rings (SSSR count). The highest BCUT2D eigenvalue weighted by Gasteiger charge is 2.50. The number of hydrogen-bond donors (Lipinski definition) is 2. The van der Waals surface area contributed by atoms with Crippen LogP contribution >= 0.6 is 15.9 Å². The first-order valence-corrected chi connectivity index (χ1v) is 4.31. The molecule has 74 valence electrons. The Morgan fingerprint density at radius 2 is 1.54 bits per heavy atom. The van der Waals surface area contributed by atoms with Gasteiger partial charge in [0.25, 0.3) is 0 Å². The van der Waals surface area contributed by atoms with Gasteiger partial charge in [0.05, 0.1) is 4.83 Å². The minimum absolute atomic E-state index is 0.801. The molecule has 1 atom stereocenters. The van der Waals surface area contributed by atoms with Crippen LogP contribution in [0.15, 0.2) is 0 Å². The van der Waals surface area contributed by atoms with E-state index in [-0.39, 0.29) is 0 Å². The lowest BCUT2D eigenvalue weighted by Crippen LogP contribution is -2.46. The van der Waals surface area contributed by atoms with Gasteiger partial charge in [0.15, 0.2) is 5.78 Å². The van der Waals surface area contributed by atoms with Gasteiger partial charge in [0.1, 0.15) is 0 Å². The number of carbonyl (C=O) groups excluding carboxylic acids is 1. The molecular weight excluding hydrogens is 244 g/mol. The molecule has 0 amide bonds. The Kier molecular flexibility index (Phi) is 3.60. The second kappa shape index (κ2) is 3.87. The van der Waals surface area contributed by atoms with Crippen molar-refractivity contribution in [1.29, 1.82) is 0 Å². The molecule has 6 heteroatoms. The van der Waals surface area contributed by atoms with E-state index in [0.717, 1.165) is 6.92 Å². The summed E-state index contributed by atoms with van der Waals surface area (Å²) in [6, 6.07) is 0. The third-order valence-electron chi connectivity index (χ3n) is 1.71. The second-order valence-electron chi connectivity index (χ2n) is 2.72. The molecule has 5 nitrogen and oxygen atoms in total. The molecule has 0 aromatic heterocycles. The first-order valence-electron chi connectivity index (χ1n) is 3.39. The Balaban J connectivity index is 5.15. The highest BCUT2D eigenvalue weighted by molar-refractivity contribution is 9.10. The zero-order chi connectivity index (χ0) is 10.8. The van der Waals surface area contributed by atoms with Crippen LogP contribution in [0.2, 0.25) is 0 Å². The summed E-state index contributed by atoms with van der Waals surface area (Å²) in [5.74, 6) is -4.19. The zero-order valence-electron chi connectivity index (χ0n) is 7.07. The number of hydrogen-bond acceptors (Lipinski definition) is 3. The molecule has 0 aliphatic rings. The lowest BCUT2D eigenvalue weighted by Gasteiger charge is -2.19. The Hall–Kier alpha value is -0.910. The van der Waals surface area contributed by atoms with Gasteiger partial charge in [-0.25, -0.2) is 0 Å². The van der Waals surface area contributed by atoms with E-state index in [9.17, 15) is 14.4 Å². The molecule has 0 bridgehead atoms. The molecule has 0 aromatic carbocycles. The Morgan fingerprint density at radius 1 is 1.23 bits per heavy atom. The van der Waals surface area contributed by atoms with E-state index >= 15 is 0 Å². The van der Waals surface area contributed by atoms with E-state index in [1.54, 1.807) is 0 Å². The molecule has 0 saturated carbocycles. The minimum Gasteiger partial charge on any atom is -0.480 e. The summed E-state index contributed by atoms with van der Waals surface area (Å²) in [4.78, 5) is 31.6. The number of halogens is 1. The molecule has 1 unspecified atom stereocenters. The number of aliphatic carboxylic acids is 2. The van der Waals surface area contributed by atoms with Crippen molar-refractivity contribution in [3.63, 3.8) is 0 Å². The molecule has 0 heterocycles.